The fraction of sp³-hybridized carbons (Fsp3) is 0.350. The van der Waals surface area contributed by atoms with Crippen molar-refractivity contribution < 1.29 is 14.6 Å². The Bertz CT molecular complexity index is 696. The molecule has 148 valence electrons. The van der Waals surface area contributed by atoms with Crippen LogP contribution in [0.4, 0.5) is 0 Å². The Balaban J connectivity index is 0.00000364. The maximum Gasteiger partial charge on any atom is 0.191 e. The molecule has 0 atom stereocenters. The van der Waals surface area contributed by atoms with E-state index in [0.29, 0.717) is 30.4 Å². The van der Waals surface area contributed by atoms with Gasteiger partial charge in [-0.15, -0.1) is 24.0 Å². The lowest BCUT2D eigenvalue weighted by molar-refractivity contribution is 0.311. The number of nitrogens with zero attached hydrogens (tertiary/aromatic N) is 1. The molecule has 0 saturated carbocycles. The summed E-state index contributed by atoms with van der Waals surface area (Å²) in [6, 6.07) is 15.2. The molecule has 0 aliphatic heterocycles. The highest BCUT2D eigenvalue weighted by atomic mass is 127. The highest BCUT2D eigenvalue weighted by Crippen LogP contribution is 2.29. The number of para-hydroxylation sites is 2. The van der Waals surface area contributed by atoms with Gasteiger partial charge in [0.25, 0.3) is 0 Å². The number of aliphatic imine (C=N–C) groups is 1. The summed E-state index contributed by atoms with van der Waals surface area (Å²) in [5.74, 6) is 2.16. The number of halogens is 1. The Hall–Kier alpha value is -2.16. The van der Waals surface area contributed by atoms with E-state index in [4.69, 9.17) is 9.47 Å². The van der Waals surface area contributed by atoms with E-state index in [0.717, 1.165) is 25.3 Å². The zero-order valence-electron chi connectivity index (χ0n) is 15.8. The Morgan fingerprint density at radius 3 is 2.56 bits per heavy atom. The van der Waals surface area contributed by atoms with Crippen LogP contribution in [0.15, 0.2) is 53.5 Å². The lowest BCUT2D eigenvalue weighted by Crippen LogP contribution is -2.38. The molecule has 2 aromatic carbocycles. The number of phenols is 1. The van der Waals surface area contributed by atoms with Gasteiger partial charge in [-0.1, -0.05) is 30.3 Å². The van der Waals surface area contributed by atoms with Crippen molar-refractivity contribution >= 4 is 29.9 Å². The van der Waals surface area contributed by atoms with E-state index in [9.17, 15) is 5.11 Å². The van der Waals surface area contributed by atoms with Gasteiger partial charge in [0.2, 0.25) is 0 Å². The molecule has 0 radical (unpaired) electrons. The van der Waals surface area contributed by atoms with Crippen LogP contribution in [0, 0.1) is 0 Å². The second-order valence-corrected chi connectivity index (χ2v) is 5.61. The second-order valence-electron chi connectivity index (χ2n) is 5.61. The molecule has 0 heterocycles. The SMILES string of the molecule is CCNC(=NCc1cccc(OC)c1O)NCCCOc1ccccc1.I. The Morgan fingerprint density at radius 1 is 1.07 bits per heavy atom. The van der Waals surface area contributed by atoms with E-state index in [2.05, 4.69) is 15.6 Å². The number of hydrogen-bond donors (Lipinski definition) is 3. The minimum Gasteiger partial charge on any atom is -0.504 e. The largest absolute Gasteiger partial charge is 0.504 e. The average molecular weight is 485 g/mol. The van der Waals surface area contributed by atoms with Crippen LogP contribution in [0.1, 0.15) is 18.9 Å². The number of ether oxygens (including phenoxy) is 2. The highest BCUT2D eigenvalue weighted by Gasteiger charge is 2.07. The first kappa shape index (κ1) is 22.9. The third-order valence-electron chi connectivity index (χ3n) is 3.68. The molecule has 0 unspecified atom stereocenters. The van der Waals surface area contributed by atoms with Crippen LogP contribution in [0.3, 0.4) is 0 Å². The zero-order chi connectivity index (χ0) is 18.6. The molecular formula is C20H28IN3O3. The van der Waals surface area contributed by atoms with E-state index in [1.54, 1.807) is 6.07 Å². The Kier molecular flexibility index (Phi) is 11.1. The van der Waals surface area contributed by atoms with Gasteiger partial charge in [-0.05, 0) is 31.5 Å². The average Bonchev–Trinajstić information content (AvgIpc) is 2.67. The molecule has 3 N–H and O–H groups in total. The lowest BCUT2D eigenvalue weighted by atomic mass is 10.2. The van der Waals surface area contributed by atoms with Crippen molar-refractivity contribution in [2.45, 2.75) is 19.9 Å². The molecule has 0 aliphatic carbocycles. The predicted octanol–water partition coefficient (Wildman–Crippen LogP) is 3.54. The molecule has 0 spiro atoms. The van der Waals surface area contributed by atoms with Crippen molar-refractivity contribution in [2.24, 2.45) is 4.99 Å². The van der Waals surface area contributed by atoms with Crippen molar-refractivity contribution in [2.75, 3.05) is 26.8 Å². The maximum atomic E-state index is 10.1. The molecule has 0 aliphatic rings. The van der Waals surface area contributed by atoms with Gasteiger partial charge in [0.05, 0.1) is 20.3 Å². The third-order valence-corrected chi connectivity index (χ3v) is 3.68. The first-order chi connectivity index (χ1) is 12.7. The van der Waals surface area contributed by atoms with Crippen LogP contribution in [-0.4, -0.2) is 37.9 Å². The van der Waals surface area contributed by atoms with Gasteiger partial charge in [0.1, 0.15) is 5.75 Å². The van der Waals surface area contributed by atoms with Crippen LogP contribution >= 0.6 is 24.0 Å². The van der Waals surface area contributed by atoms with Crippen molar-refractivity contribution in [3.8, 4) is 17.2 Å². The maximum absolute atomic E-state index is 10.1. The summed E-state index contributed by atoms with van der Waals surface area (Å²) in [6.45, 7) is 4.50. The van der Waals surface area contributed by atoms with Crippen LogP contribution in [0.2, 0.25) is 0 Å². The minimum absolute atomic E-state index is 0. The summed E-state index contributed by atoms with van der Waals surface area (Å²) in [6.07, 6.45) is 0.851. The predicted molar refractivity (Wildman–Crippen MR) is 119 cm³/mol. The fourth-order valence-corrected chi connectivity index (χ4v) is 2.35. The van der Waals surface area contributed by atoms with E-state index in [1.807, 2.05) is 49.4 Å². The third kappa shape index (κ3) is 7.94. The normalized spacial score (nSPS) is 10.7. The van der Waals surface area contributed by atoms with Gasteiger partial charge in [-0.3, -0.25) is 0 Å². The van der Waals surface area contributed by atoms with E-state index in [-0.39, 0.29) is 29.7 Å². The summed E-state index contributed by atoms with van der Waals surface area (Å²) in [7, 11) is 1.53. The van der Waals surface area contributed by atoms with Gasteiger partial charge in [0, 0.05) is 18.7 Å². The molecule has 0 bridgehead atoms. The van der Waals surface area contributed by atoms with Crippen LogP contribution in [-0.2, 0) is 6.54 Å². The molecule has 27 heavy (non-hydrogen) atoms. The van der Waals surface area contributed by atoms with Gasteiger partial charge in [-0.25, -0.2) is 4.99 Å². The zero-order valence-corrected chi connectivity index (χ0v) is 18.1. The number of aromatic hydroxyl groups is 1. The fourth-order valence-electron chi connectivity index (χ4n) is 2.35. The van der Waals surface area contributed by atoms with Gasteiger partial charge < -0.3 is 25.2 Å². The Labute approximate surface area is 178 Å². The minimum atomic E-state index is 0. The summed E-state index contributed by atoms with van der Waals surface area (Å²) in [4.78, 5) is 4.51. The summed E-state index contributed by atoms with van der Waals surface area (Å²) < 4.78 is 10.8. The van der Waals surface area contributed by atoms with Crippen molar-refractivity contribution in [1.29, 1.82) is 0 Å². The smallest absolute Gasteiger partial charge is 0.191 e. The number of methoxy groups -OCH3 is 1. The number of guanidine groups is 1. The molecule has 7 heteroatoms. The van der Waals surface area contributed by atoms with Crippen LogP contribution in [0.25, 0.3) is 0 Å². The summed E-state index contributed by atoms with van der Waals surface area (Å²) in [5, 5.41) is 16.6. The number of benzene rings is 2. The lowest BCUT2D eigenvalue weighted by Gasteiger charge is -2.12. The van der Waals surface area contributed by atoms with Crippen molar-refractivity contribution in [3.63, 3.8) is 0 Å². The first-order valence-corrected chi connectivity index (χ1v) is 8.79. The quantitative estimate of drug-likeness (QED) is 0.219. The molecule has 6 nitrogen and oxygen atoms in total. The number of phenolic OH excluding ortho intramolecular Hbond substituents is 1. The summed E-state index contributed by atoms with van der Waals surface area (Å²) >= 11 is 0. The standard InChI is InChI=1S/C20H27N3O3.HI/c1-3-21-20(22-13-8-14-26-17-10-5-4-6-11-17)23-15-16-9-7-12-18(25-2)19(16)24;/h4-7,9-12,24H,3,8,13-15H2,1-2H3,(H2,21,22,23);1H. The first-order valence-electron chi connectivity index (χ1n) is 8.79. The number of nitrogens with one attached hydrogen (secondary N) is 2. The molecule has 2 aromatic rings. The van der Waals surface area contributed by atoms with E-state index in [1.165, 1.54) is 7.11 Å². The van der Waals surface area contributed by atoms with Gasteiger partial charge >= 0.3 is 0 Å². The molecule has 0 fully saturated rings. The van der Waals surface area contributed by atoms with Gasteiger partial charge in [-0.2, -0.15) is 0 Å². The van der Waals surface area contributed by atoms with Crippen LogP contribution < -0.4 is 20.1 Å². The Morgan fingerprint density at radius 2 is 1.85 bits per heavy atom. The van der Waals surface area contributed by atoms with E-state index >= 15 is 0 Å². The second kappa shape index (κ2) is 13.1. The van der Waals surface area contributed by atoms with E-state index < -0.39 is 0 Å². The highest BCUT2D eigenvalue weighted by molar-refractivity contribution is 14.0. The number of rotatable bonds is 9. The molecule has 0 aromatic heterocycles. The monoisotopic (exact) mass is 485 g/mol. The van der Waals surface area contributed by atoms with Crippen molar-refractivity contribution in [1.82, 2.24) is 10.6 Å². The summed E-state index contributed by atoms with van der Waals surface area (Å²) in [5.41, 5.74) is 0.717. The van der Waals surface area contributed by atoms with Gasteiger partial charge in [0.15, 0.2) is 17.5 Å². The molecule has 2 rings (SSSR count). The topological polar surface area (TPSA) is 75.1 Å². The number of hydrogen-bond acceptors (Lipinski definition) is 4. The van der Waals surface area contributed by atoms with Crippen LogP contribution in [0.5, 0.6) is 17.2 Å². The molecule has 0 amide bonds. The van der Waals surface area contributed by atoms with Crippen molar-refractivity contribution in [3.05, 3.63) is 54.1 Å². The molecular weight excluding hydrogens is 457 g/mol. The molecule has 0 saturated heterocycles.